The molecule has 2 aromatic rings. The highest BCUT2D eigenvalue weighted by molar-refractivity contribution is 6.29. The fourth-order valence-electron chi connectivity index (χ4n) is 1.34. The van der Waals surface area contributed by atoms with Crippen LogP contribution in [-0.4, -0.2) is 11.0 Å². The predicted octanol–water partition coefficient (Wildman–Crippen LogP) is 2.67. The lowest BCUT2D eigenvalue weighted by molar-refractivity contribution is 0.0472. The van der Waals surface area contributed by atoms with Crippen molar-refractivity contribution in [2.75, 3.05) is 5.73 Å². The van der Waals surface area contributed by atoms with Gasteiger partial charge in [-0.2, -0.15) is 0 Å². The number of halogens is 1. The highest BCUT2D eigenvalue weighted by Crippen LogP contribution is 2.10. The first-order chi connectivity index (χ1) is 8.65. The highest BCUT2D eigenvalue weighted by Gasteiger charge is 2.06. The summed E-state index contributed by atoms with van der Waals surface area (Å²) in [7, 11) is 0. The lowest BCUT2D eigenvalue weighted by atomic mass is 10.2. The molecule has 1 aromatic carbocycles. The molecule has 0 saturated carbocycles. The molecular weight excluding hydrogens is 252 g/mol. The number of carbonyl (C=O) groups excluding carboxylic acids is 1. The number of carbonyl (C=O) groups is 1. The monoisotopic (exact) mass is 262 g/mol. The van der Waals surface area contributed by atoms with Crippen LogP contribution in [0.2, 0.25) is 5.15 Å². The molecule has 0 atom stereocenters. The number of esters is 1. The Balaban J connectivity index is 1.96. The third-order valence-corrected chi connectivity index (χ3v) is 2.53. The van der Waals surface area contributed by atoms with Gasteiger partial charge in [-0.15, -0.1) is 0 Å². The van der Waals surface area contributed by atoms with Gasteiger partial charge in [-0.3, -0.25) is 0 Å². The second kappa shape index (κ2) is 5.51. The maximum absolute atomic E-state index is 11.7. The summed E-state index contributed by atoms with van der Waals surface area (Å²) in [6, 6.07) is 9.95. The third kappa shape index (κ3) is 3.21. The summed E-state index contributed by atoms with van der Waals surface area (Å²) < 4.78 is 5.13. The summed E-state index contributed by atoms with van der Waals surface area (Å²) >= 11 is 5.65. The average Bonchev–Trinajstić information content (AvgIpc) is 2.38. The van der Waals surface area contributed by atoms with Crippen LogP contribution in [0, 0.1) is 0 Å². The molecule has 0 saturated heterocycles. The minimum absolute atomic E-state index is 0.160. The van der Waals surface area contributed by atoms with Crippen molar-refractivity contribution in [3.05, 3.63) is 58.9 Å². The van der Waals surface area contributed by atoms with Gasteiger partial charge in [0.2, 0.25) is 0 Å². The van der Waals surface area contributed by atoms with E-state index in [-0.39, 0.29) is 6.61 Å². The lowest BCUT2D eigenvalue weighted by Crippen LogP contribution is -2.05. The number of aromatic nitrogens is 1. The van der Waals surface area contributed by atoms with E-state index in [0.717, 1.165) is 5.56 Å². The number of pyridine rings is 1. The van der Waals surface area contributed by atoms with E-state index in [1.165, 1.54) is 0 Å². The Labute approximate surface area is 109 Å². The van der Waals surface area contributed by atoms with Crippen molar-refractivity contribution in [2.45, 2.75) is 6.61 Å². The molecule has 18 heavy (non-hydrogen) atoms. The zero-order chi connectivity index (χ0) is 13.0. The van der Waals surface area contributed by atoms with E-state index in [0.29, 0.717) is 16.4 Å². The van der Waals surface area contributed by atoms with Crippen LogP contribution in [0.25, 0.3) is 0 Å². The molecule has 1 aromatic heterocycles. The molecule has 0 aliphatic heterocycles. The Bertz CT molecular complexity index is 538. The smallest absolute Gasteiger partial charge is 0.338 e. The van der Waals surface area contributed by atoms with Gasteiger partial charge in [-0.25, -0.2) is 9.78 Å². The number of rotatable bonds is 3. The second-order valence-corrected chi connectivity index (χ2v) is 4.07. The maximum Gasteiger partial charge on any atom is 0.338 e. The van der Waals surface area contributed by atoms with E-state index >= 15 is 0 Å². The molecule has 0 aliphatic rings. The molecular formula is C13H11ClN2O2. The predicted molar refractivity (Wildman–Crippen MR) is 69.2 cm³/mol. The van der Waals surface area contributed by atoms with Gasteiger partial charge in [-0.1, -0.05) is 17.7 Å². The van der Waals surface area contributed by atoms with E-state index < -0.39 is 5.97 Å². The lowest BCUT2D eigenvalue weighted by Gasteiger charge is -2.05. The van der Waals surface area contributed by atoms with Crippen LogP contribution in [0.1, 0.15) is 15.9 Å². The van der Waals surface area contributed by atoms with Crippen LogP contribution in [0.5, 0.6) is 0 Å². The van der Waals surface area contributed by atoms with Gasteiger partial charge in [0.25, 0.3) is 0 Å². The van der Waals surface area contributed by atoms with Crippen molar-refractivity contribution in [3.63, 3.8) is 0 Å². The Morgan fingerprint density at radius 3 is 2.56 bits per heavy atom. The van der Waals surface area contributed by atoms with E-state index in [1.54, 1.807) is 42.6 Å². The molecule has 0 amide bonds. The maximum atomic E-state index is 11.7. The Kier molecular flexibility index (Phi) is 3.79. The third-order valence-electron chi connectivity index (χ3n) is 2.30. The molecule has 1 heterocycles. The fraction of sp³-hybridized carbons (Fsp3) is 0.0769. The number of nitrogens with two attached hydrogens (primary N) is 1. The van der Waals surface area contributed by atoms with Gasteiger partial charge in [0.1, 0.15) is 11.8 Å². The van der Waals surface area contributed by atoms with Gasteiger partial charge < -0.3 is 10.5 Å². The van der Waals surface area contributed by atoms with Crippen LogP contribution in [-0.2, 0) is 11.3 Å². The van der Waals surface area contributed by atoms with Crippen molar-refractivity contribution in [3.8, 4) is 0 Å². The van der Waals surface area contributed by atoms with Crippen molar-refractivity contribution in [2.24, 2.45) is 0 Å². The van der Waals surface area contributed by atoms with E-state index in [4.69, 9.17) is 22.1 Å². The summed E-state index contributed by atoms with van der Waals surface area (Å²) in [4.78, 5) is 15.6. The molecule has 0 radical (unpaired) electrons. The van der Waals surface area contributed by atoms with E-state index in [2.05, 4.69) is 4.98 Å². The van der Waals surface area contributed by atoms with Crippen LogP contribution in [0.15, 0.2) is 42.6 Å². The first-order valence-corrected chi connectivity index (χ1v) is 5.66. The van der Waals surface area contributed by atoms with Gasteiger partial charge in [-0.05, 0) is 30.3 Å². The standard InChI is InChI=1S/C13H11ClN2O2/c14-12-6-1-9(7-16-12)8-18-13(17)10-2-4-11(15)5-3-10/h1-7H,8,15H2. The Morgan fingerprint density at radius 1 is 1.22 bits per heavy atom. The number of nitrogens with zero attached hydrogens (tertiary/aromatic N) is 1. The number of hydrogen-bond acceptors (Lipinski definition) is 4. The SMILES string of the molecule is Nc1ccc(C(=O)OCc2ccc(Cl)nc2)cc1. The molecule has 92 valence electrons. The summed E-state index contributed by atoms with van der Waals surface area (Å²) in [5.41, 5.74) is 7.38. The van der Waals surface area contributed by atoms with Crippen LogP contribution < -0.4 is 5.73 Å². The molecule has 0 bridgehead atoms. The van der Waals surface area contributed by atoms with Crippen LogP contribution in [0.3, 0.4) is 0 Å². The summed E-state index contributed by atoms with van der Waals surface area (Å²) in [5, 5.41) is 0.406. The molecule has 5 heteroatoms. The van der Waals surface area contributed by atoms with Gasteiger partial charge >= 0.3 is 5.97 Å². The van der Waals surface area contributed by atoms with Gasteiger partial charge in [0.15, 0.2) is 0 Å². The van der Waals surface area contributed by atoms with Crippen molar-refractivity contribution >= 4 is 23.3 Å². The summed E-state index contributed by atoms with van der Waals surface area (Å²) in [6.45, 7) is 0.160. The van der Waals surface area contributed by atoms with Gasteiger partial charge in [0, 0.05) is 17.4 Å². The number of ether oxygens (including phenoxy) is 1. The molecule has 0 fully saturated rings. The minimum Gasteiger partial charge on any atom is -0.457 e. The summed E-state index contributed by atoms with van der Waals surface area (Å²) in [5.74, 6) is -0.398. The van der Waals surface area contributed by atoms with Crippen molar-refractivity contribution in [1.82, 2.24) is 4.98 Å². The number of nitrogen functional groups attached to an aromatic ring is 1. The molecule has 0 unspecified atom stereocenters. The fourth-order valence-corrected chi connectivity index (χ4v) is 1.46. The van der Waals surface area contributed by atoms with Gasteiger partial charge in [0.05, 0.1) is 5.56 Å². The molecule has 0 spiro atoms. The Morgan fingerprint density at radius 2 is 1.94 bits per heavy atom. The summed E-state index contributed by atoms with van der Waals surface area (Å²) in [6.07, 6.45) is 1.57. The zero-order valence-corrected chi connectivity index (χ0v) is 10.2. The average molecular weight is 263 g/mol. The topological polar surface area (TPSA) is 65.2 Å². The van der Waals surface area contributed by atoms with Crippen molar-refractivity contribution in [1.29, 1.82) is 0 Å². The zero-order valence-electron chi connectivity index (χ0n) is 9.47. The van der Waals surface area contributed by atoms with Crippen molar-refractivity contribution < 1.29 is 9.53 Å². The minimum atomic E-state index is -0.398. The number of hydrogen-bond donors (Lipinski definition) is 1. The van der Waals surface area contributed by atoms with Crippen LogP contribution >= 0.6 is 11.6 Å². The second-order valence-electron chi connectivity index (χ2n) is 3.69. The van der Waals surface area contributed by atoms with Crippen LogP contribution in [0.4, 0.5) is 5.69 Å². The first-order valence-electron chi connectivity index (χ1n) is 5.28. The molecule has 2 N–H and O–H groups in total. The molecule has 2 rings (SSSR count). The van der Waals surface area contributed by atoms with E-state index in [1.807, 2.05) is 0 Å². The number of anilines is 1. The molecule has 0 aliphatic carbocycles. The Hall–Kier alpha value is -2.07. The first kappa shape index (κ1) is 12.4. The number of benzene rings is 1. The molecule has 4 nitrogen and oxygen atoms in total. The van der Waals surface area contributed by atoms with E-state index in [9.17, 15) is 4.79 Å². The highest BCUT2D eigenvalue weighted by atomic mass is 35.5. The quantitative estimate of drug-likeness (QED) is 0.525. The largest absolute Gasteiger partial charge is 0.457 e. The normalized spacial score (nSPS) is 10.1.